The Morgan fingerprint density at radius 3 is 1.52 bits per heavy atom. The van der Waals surface area contributed by atoms with E-state index in [4.69, 9.17) is 0 Å². The molecule has 1 unspecified atom stereocenters. The summed E-state index contributed by atoms with van der Waals surface area (Å²) in [7, 11) is 0. The Bertz CT molecular complexity index is 5160. The van der Waals surface area contributed by atoms with Gasteiger partial charge in [-0.2, -0.15) is 0 Å². The molecule has 0 saturated carbocycles. The van der Waals surface area contributed by atoms with Crippen LogP contribution in [0.1, 0.15) is 44.5 Å². The number of rotatable bonds is 7. The largest absolute Gasteiger partial charge is 0.310 e. The minimum Gasteiger partial charge on any atom is -0.310 e. The lowest BCUT2D eigenvalue weighted by Gasteiger charge is -2.39. The first-order valence-corrected chi connectivity index (χ1v) is 29.3. The van der Waals surface area contributed by atoms with Crippen molar-refractivity contribution in [2.75, 3.05) is 4.90 Å². The first-order valence-electron chi connectivity index (χ1n) is 29.3. The minimum absolute atomic E-state index is 0.521. The highest BCUT2D eigenvalue weighted by Crippen LogP contribution is 2.62. The second-order valence-corrected chi connectivity index (χ2v) is 23.0. The molecule has 3 aliphatic rings. The fraction of sp³-hybridized carbons (Fsp3) is 0.0244. The zero-order valence-electron chi connectivity index (χ0n) is 45.9. The fourth-order valence-electron chi connectivity index (χ4n) is 15.6. The molecule has 2 aliphatic carbocycles. The molecule has 0 saturated heterocycles. The standard InChI is InChI=1S/C82H52N2/c1-3-21-59(22-4-1)81(60-23-5-2-6-24-60)72-31-12-9-26-66(72)69-48-46-63(52-77(69)81)83(61-43-39-54(40-44-61)65-29-17-20-53-19-7-8-25-64(53)65)62-45-41-56-49-55(37-38-57(56)50-62)58-42-47-68-67-27-10-13-32-73(67)82(76(68)51-58)74-33-14-16-36-79(74)84-78-35-15-11-28-70(78)71-30-18-34-75(82)80(71)84/h1-52H. The van der Waals surface area contributed by atoms with E-state index in [1.54, 1.807) is 0 Å². The summed E-state index contributed by atoms with van der Waals surface area (Å²) in [5, 5.41) is 7.43. The number of nitrogens with zero attached hydrogens (tertiary/aromatic N) is 2. The van der Waals surface area contributed by atoms with Crippen LogP contribution in [0, 0.1) is 0 Å². The molecule has 0 bridgehead atoms. The molecule has 1 aromatic heterocycles. The van der Waals surface area contributed by atoms with Crippen molar-refractivity contribution in [3.8, 4) is 50.2 Å². The van der Waals surface area contributed by atoms with Gasteiger partial charge in [-0.05, 0) is 171 Å². The lowest BCUT2D eigenvalue weighted by Crippen LogP contribution is -2.33. The van der Waals surface area contributed by atoms with Gasteiger partial charge in [-0.3, -0.25) is 0 Å². The molecule has 1 atom stereocenters. The lowest BCUT2D eigenvalue weighted by atomic mass is 9.65. The molecule has 390 valence electrons. The second kappa shape index (κ2) is 17.8. The molecule has 1 aliphatic heterocycles. The summed E-state index contributed by atoms with van der Waals surface area (Å²) in [4.78, 5) is 2.46. The van der Waals surface area contributed by atoms with Gasteiger partial charge in [0.2, 0.25) is 0 Å². The zero-order valence-corrected chi connectivity index (χ0v) is 45.9. The van der Waals surface area contributed by atoms with Gasteiger partial charge in [0.25, 0.3) is 0 Å². The molecule has 1 spiro atoms. The van der Waals surface area contributed by atoms with Gasteiger partial charge in [0, 0.05) is 27.8 Å². The number of hydrogen-bond donors (Lipinski definition) is 0. The van der Waals surface area contributed by atoms with E-state index in [1.807, 2.05) is 0 Å². The van der Waals surface area contributed by atoms with Crippen molar-refractivity contribution in [3.63, 3.8) is 0 Å². The maximum absolute atomic E-state index is 2.52. The van der Waals surface area contributed by atoms with Gasteiger partial charge in [-0.25, -0.2) is 0 Å². The molecule has 84 heavy (non-hydrogen) atoms. The predicted molar refractivity (Wildman–Crippen MR) is 350 cm³/mol. The van der Waals surface area contributed by atoms with E-state index in [2.05, 4.69) is 325 Å². The molecule has 0 radical (unpaired) electrons. The topological polar surface area (TPSA) is 8.17 Å². The summed E-state index contributed by atoms with van der Waals surface area (Å²) in [5.41, 5.74) is 26.3. The molecule has 2 heteroatoms. The second-order valence-electron chi connectivity index (χ2n) is 23.0. The number of para-hydroxylation sites is 3. The minimum atomic E-state index is -0.540. The van der Waals surface area contributed by atoms with Crippen molar-refractivity contribution in [2.45, 2.75) is 10.8 Å². The fourth-order valence-corrected chi connectivity index (χ4v) is 15.6. The Kier molecular flexibility index (Phi) is 9.97. The van der Waals surface area contributed by atoms with E-state index >= 15 is 0 Å². The number of benzene rings is 14. The predicted octanol–water partition coefficient (Wildman–Crippen LogP) is 20.9. The van der Waals surface area contributed by atoms with Crippen LogP contribution in [-0.2, 0) is 10.8 Å². The molecule has 2 nitrogen and oxygen atoms in total. The monoisotopic (exact) mass is 1060 g/mol. The average molecular weight is 1070 g/mol. The van der Waals surface area contributed by atoms with Gasteiger partial charge in [0.05, 0.1) is 27.6 Å². The maximum atomic E-state index is 2.52. The molecule has 0 N–H and O–H groups in total. The third-order valence-electron chi connectivity index (χ3n) is 19.0. The van der Waals surface area contributed by atoms with E-state index < -0.39 is 10.8 Å². The van der Waals surface area contributed by atoms with Crippen molar-refractivity contribution < 1.29 is 0 Å². The summed E-state index contributed by atoms with van der Waals surface area (Å²) < 4.78 is 2.52. The van der Waals surface area contributed by atoms with E-state index in [9.17, 15) is 0 Å². The van der Waals surface area contributed by atoms with Gasteiger partial charge >= 0.3 is 0 Å². The van der Waals surface area contributed by atoms with E-state index in [1.165, 1.54) is 138 Å². The molecule has 14 aromatic carbocycles. The Balaban J connectivity index is 0.798. The normalized spacial score (nSPS) is 14.8. The van der Waals surface area contributed by atoms with Crippen molar-refractivity contribution in [1.82, 2.24) is 4.57 Å². The third-order valence-corrected chi connectivity index (χ3v) is 19.0. The summed E-state index contributed by atoms with van der Waals surface area (Å²) in [6.07, 6.45) is 0. The Labute approximate surface area is 488 Å². The van der Waals surface area contributed by atoms with Crippen molar-refractivity contribution in [2.24, 2.45) is 0 Å². The number of anilines is 3. The van der Waals surface area contributed by atoms with Gasteiger partial charge in [0.1, 0.15) is 0 Å². The van der Waals surface area contributed by atoms with E-state index in [0.717, 1.165) is 17.1 Å². The SMILES string of the molecule is c1ccc(C2(c3ccccc3)c3ccccc3-c3ccc(N(c4ccc(-c5cccc6ccccc56)cc4)c4ccc5cc(-c6ccc7c(c6)C6(c8ccccc8-7)c7ccccc7-n7c8ccccc8c8cccc6c87)ccc5c4)cc32)cc1. The number of aromatic nitrogens is 1. The zero-order chi connectivity index (χ0) is 55.1. The van der Waals surface area contributed by atoms with Gasteiger partial charge < -0.3 is 9.47 Å². The average Bonchev–Trinajstić information content (AvgIpc) is 1.66. The van der Waals surface area contributed by atoms with Crippen LogP contribution in [0.5, 0.6) is 0 Å². The smallest absolute Gasteiger partial charge is 0.0754 e. The first-order chi connectivity index (χ1) is 41.7. The van der Waals surface area contributed by atoms with E-state index in [0.29, 0.717) is 0 Å². The van der Waals surface area contributed by atoms with Crippen LogP contribution in [-0.4, -0.2) is 4.57 Å². The highest BCUT2D eigenvalue weighted by molar-refractivity contribution is 6.13. The van der Waals surface area contributed by atoms with Crippen molar-refractivity contribution in [1.29, 1.82) is 0 Å². The number of hydrogen-bond acceptors (Lipinski definition) is 1. The molecule has 0 amide bonds. The van der Waals surface area contributed by atoms with Crippen LogP contribution in [0.3, 0.4) is 0 Å². The van der Waals surface area contributed by atoms with Crippen LogP contribution in [0.2, 0.25) is 0 Å². The summed E-state index contributed by atoms with van der Waals surface area (Å²) in [6.45, 7) is 0. The summed E-state index contributed by atoms with van der Waals surface area (Å²) >= 11 is 0. The van der Waals surface area contributed by atoms with Gasteiger partial charge in [0.15, 0.2) is 0 Å². The molecule has 18 rings (SSSR count). The van der Waals surface area contributed by atoms with Crippen LogP contribution in [0.4, 0.5) is 17.1 Å². The molecule has 2 heterocycles. The highest BCUT2D eigenvalue weighted by Gasteiger charge is 2.51. The molecular formula is C82H52N2. The Morgan fingerprint density at radius 1 is 0.250 bits per heavy atom. The molecule has 0 fully saturated rings. The third kappa shape index (κ3) is 6.40. The van der Waals surface area contributed by atoms with Crippen LogP contribution in [0.15, 0.2) is 315 Å². The van der Waals surface area contributed by atoms with Crippen molar-refractivity contribution in [3.05, 3.63) is 360 Å². The van der Waals surface area contributed by atoms with Crippen molar-refractivity contribution >= 4 is 60.4 Å². The number of fused-ring (bicyclic) bond motifs is 17. The van der Waals surface area contributed by atoms with Gasteiger partial charge in [-0.15, -0.1) is 0 Å². The van der Waals surface area contributed by atoms with Crippen LogP contribution < -0.4 is 4.90 Å². The molecular weight excluding hydrogens is 1010 g/mol. The quantitative estimate of drug-likeness (QED) is 0.154. The van der Waals surface area contributed by atoms with Crippen LogP contribution >= 0.6 is 0 Å². The van der Waals surface area contributed by atoms with Gasteiger partial charge in [-0.1, -0.05) is 255 Å². The highest BCUT2D eigenvalue weighted by atomic mass is 15.1. The van der Waals surface area contributed by atoms with E-state index in [-0.39, 0.29) is 0 Å². The Hall–Kier alpha value is -10.8. The summed E-state index contributed by atoms with van der Waals surface area (Å²) in [6, 6.07) is 118. The maximum Gasteiger partial charge on any atom is 0.0754 e. The lowest BCUT2D eigenvalue weighted by molar-refractivity contribution is 0.749. The summed E-state index contributed by atoms with van der Waals surface area (Å²) in [5.74, 6) is 0. The molecule has 15 aromatic rings. The first kappa shape index (κ1) is 46.9. The van der Waals surface area contributed by atoms with Crippen LogP contribution in [0.25, 0.3) is 93.5 Å². The Morgan fingerprint density at radius 2 is 0.738 bits per heavy atom.